The van der Waals surface area contributed by atoms with Crippen LogP contribution >= 0.6 is 0 Å². The second-order valence-corrected chi connectivity index (χ2v) is 14.8. The van der Waals surface area contributed by atoms with Gasteiger partial charge in [-0.3, -0.25) is 0 Å². The highest BCUT2D eigenvalue weighted by Gasteiger charge is 2.74. The van der Waals surface area contributed by atoms with Crippen molar-refractivity contribution in [2.24, 2.45) is 10.8 Å². The van der Waals surface area contributed by atoms with Crippen molar-refractivity contribution < 1.29 is 34.3 Å². The van der Waals surface area contributed by atoms with Crippen molar-refractivity contribution in [1.82, 2.24) is 0 Å². The van der Waals surface area contributed by atoms with Gasteiger partial charge in [-0.05, 0) is 94.4 Å². The Balaban J connectivity index is 1.35. The number of cyclic esters (lactones) is 1. The predicted octanol–water partition coefficient (Wildman–Crippen LogP) is 7.61. The predicted molar refractivity (Wildman–Crippen MR) is 180 cm³/mol. The fraction of sp³-hybridized carbons (Fsp3) is 0.538. The summed E-state index contributed by atoms with van der Waals surface area (Å²) in [5.74, 6) is 0.109. The molecule has 2 heterocycles. The summed E-state index contributed by atoms with van der Waals surface area (Å²) in [7, 11) is 0. The fourth-order valence-electron chi connectivity index (χ4n) is 7.53. The summed E-state index contributed by atoms with van der Waals surface area (Å²) in [5, 5.41) is 21.4. The van der Waals surface area contributed by atoms with E-state index in [0.717, 1.165) is 23.1 Å². The first-order chi connectivity index (χ1) is 21.4. The highest BCUT2D eigenvalue weighted by atomic mass is 17.2. The van der Waals surface area contributed by atoms with E-state index >= 15 is 0 Å². The van der Waals surface area contributed by atoms with E-state index < -0.39 is 16.8 Å². The number of epoxide rings is 1. The molecule has 2 aliphatic heterocycles. The molecule has 7 nitrogen and oxygen atoms in total. The summed E-state index contributed by atoms with van der Waals surface area (Å²) in [5.41, 5.74) is 4.17. The number of esters is 1. The van der Waals surface area contributed by atoms with Crippen LogP contribution in [0.5, 0.6) is 0 Å². The van der Waals surface area contributed by atoms with E-state index in [4.69, 9.17) is 19.2 Å². The maximum Gasteiger partial charge on any atom is 0.343 e. The first-order valence-corrected chi connectivity index (χ1v) is 16.3. The summed E-state index contributed by atoms with van der Waals surface area (Å²) in [6.07, 6.45) is 22.8. The first kappa shape index (κ1) is 35.8. The summed E-state index contributed by atoms with van der Waals surface area (Å²) in [6, 6.07) is 0. The average Bonchev–Trinajstić information content (AvgIpc) is 3.40. The standard InChI is InChI=1S/C39H52O7/c1-10-43-45-32-25-35(4,5)33(37(8,42)26-32)18-17-27(2)15-13-11-12-14-16-28(3)21-31-22-29(34(41)44-31)19-20-39-36(6,7)23-30(40)24-38(39,9)46-39/h11-17,19-22,30,32,40,42H,10,23-26H2,1-9H3. The fourth-order valence-corrected chi connectivity index (χ4v) is 7.53. The molecule has 3 fully saturated rings. The molecule has 46 heavy (non-hydrogen) atoms. The minimum atomic E-state index is -1.03. The molecule has 7 heteroatoms. The van der Waals surface area contributed by atoms with Crippen LogP contribution in [0.1, 0.15) is 88.0 Å². The van der Waals surface area contributed by atoms with E-state index in [2.05, 4.69) is 33.4 Å². The molecule has 0 aromatic carbocycles. The van der Waals surface area contributed by atoms with Crippen LogP contribution in [0.4, 0.5) is 0 Å². The lowest BCUT2D eigenvalue weighted by molar-refractivity contribution is -0.334. The van der Waals surface area contributed by atoms with E-state index in [9.17, 15) is 15.0 Å². The van der Waals surface area contributed by atoms with E-state index in [1.54, 1.807) is 12.2 Å². The average molecular weight is 633 g/mol. The Morgan fingerprint density at radius 3 is 2.30 bits per heavy atom. The van der Waals surface area contributed by atoms with Crippen LogP contribution in [0.15, 0.2) is 101 Å². The topological polar surface area (TPSA) is 97.8 Å². The second kappa shape index (κ2) is 13.6. The van der Waals surface area contributed by atoms with Crippen LogP contribution in [0, 0.1) is 10.8 Å². The van der Waals surface area contributed by atoms with Crippen LogP contribution in [-0.4, -0.2) is 51.8 Å². The number of ether oxygens (including phenoxy) is 2. The Morgan fingerprint density at radius 2 is 1.67 bits per heavy atom. The lowest BCUT2D eigenvalue weighted by Gasteiger charge is -2.44. The molecule has 0 amide bonds. The molecule has 0 radical (unpaired) electrons. The Kier molecular flexibility index (Phi) is 10.6. The van der Waals surface area contributed by atoms with Crippen LogP contribution in [-0.2, 0) is 24.0 Å². The molecule has 0 aromatic heterocycles. The molecule has 2 N–H and O–H groups in total. The van der Waals surface area contributed by atoms with E-state index in [1.165, 1.54) is 0 Å². The smallest absolute Gasteiger partial charge is 0.343 e. The van der Waals surface area contributed by atoms with Gasteiger partial charge in [0.05, 0.1) is 30.0 Å². The molecular weight excluding hydrogens is 580 g/mol. The zero-order valence-corrected chi connectivity index (χ0v) is 29.0. The van der Waals surface area contributed by atoms with Crippen LogP contribution in [0.2, 0.25) is 0 Å². The highest BCUT2D eigenvalue weighted by molar-refractivity contribution is 5.95. The third-order valence-electron chi connectivity index (χ3n) is 9.51. The monoisotopic (exact) mass is 632 g/mol. The number of hydrogen-bond donors (Lipinski definition) is 2. The number of aliphatic hydroxyl groups excluding tert-OH is 1. The Labute approximate surface area is 275 Å². The third-order valence-corrected chi connectivity index (χ3v) is 9.51. The van der Waals surface area contributed by atoms with Gasteiger partial charge in [-0.15, -0.1) is 5.73 Å². The molecule has 0 spiro atoms. The van der Waals surface area contributed by atoms with Gasteiger partial charge in [0.25, 0.3) is 0 Å². The molecule has 5 unspecified atom stereocenters. The Bertz CT molecular complexity index is 1450. The minimum absolute atomic E-state index is 0.166. The molecule has 4 rings (SSSR count). The van der Waals surface area contributed by atoms with Crippen molar-refractivity contribution in [1.29, 1.82) is 0 Å². The number of carbonyl (C=O) groups excluding carboxylic acids is 1. The molecule has 4 aliphatic rings. The first-order valence-electron chi connectivity index (χ1n) is 16.3. The Morgan fingerprint density at radius 1 is 1.00 bits per heavy atom. The number of allylic oxidation sites excluding steroid dienone is 10. The van der Waals surface area contributed by atoms with Crippen molar-refractivity contribution in [3.05, 3.63) is 101 Å². The zero-order chi connectivity index (χ0) is 34.0. The van der Waals surface area contributed by atoms with Crippen molar-refractivity contribution in [2.75, 3.05) is 6.61 Å². The largest absolute Gasteiger partial charge is 0.423 e. The lowest BCUT2D eigenvalue weighted by atomic mass is 9.63. The van der Waals surface area contributed by atoms with Gasteiger partial charge in [-0.2, -0.15) is 0 Å². The molecule has 2 saturated carbocycles. The van der Waals surface area contributed by atoms with Crippen LogP contribution < -0.4 is 0 Å². The van der Waals surface area contributed by atoms with Crippen LogP contribution in [0.3, 0.4) is 0 Å². The Hall–Kier alpha value is -3.03. The minimum Gasteiger partial charge on any atom is -0.423 e. The molecule has 1 saturated heterocycles. The quantitative estimate of drug-likeness (QED) is 0.0639. The third kappa shape index (κ3) is 7.91. The maximum atomic E-state index is 12.5. The van der Waals surface area contributed by atoms with Crippen LogP contribution in [0.25, 0.3) is 0 Å². The number of rotatable bonds is 10. The molecule has 5 atom stereocenters. The molecule has 0 aromatic rings. The highest BCUT2D eigenvalue weighted by Crippen LogP contribution is 2.66. The number of carbonyl (C=O) groups is 1. The van der Waals surface area contributed by atoms with Gasteiger partial charge in [0.15, 0.2) is 0 Å². The van der Waals surface area contributed by atoms with E-state index in [-0.39, 0.29) is 29.0 Å². The van der Waals surface area contributed by atoms with Gasteiger partial charge in [0, 0.05) is 23.8 Å². The number of fused-ring (bicyclic) bond motifs is 1. The SMILES string of the molecule is CCOOC1CC(C)(C)C(=C=CC(C)=CC=CC=CC=C(C)C=C2C=C(C=CC34OC3(C)CC(O)CC4(C)C)C(=O)O2)C(C)(O)C1. The van der Waals surface area contributed by atoms with Gasteiger partial charge in [-0.25, -0.2) is 14.6 Å². The van der Waals surface area contributed by atoms with E-state index in [0.29, 0.717) is 37.2 Å². The summed E-state index contributed by atoms with van der Waals surface area (Å²) in [6.45, 7) is 18.5. The van der Waals surface area contributed by atoms with Gasteiger partial charge >= 0.3 is 5.97 Å². The van der Waals surface area contributed by atoms with Crippen molar-refractivity contribution in [3.63, 3.8) is 0 Å². The number of hydrogen-bond acceptors (Lipinski definition) is 7. The second-order valence-electron chi connectivity index (χ2n) is 14.8. The van der Waals surface area contributed by atoms with Gasteiger partial charge in [0.2, 0.25) is 0 Å². The summed E-state index contributed by atoms with van der Waals surface area (Å²) < 4.78 is 11.7. The van der Waals surface area contributed by atoms with Crippen molar-refractivity contribution >= 4 is 5.97 Å². The normalized spacial score (nSPS) is 35.1. The maximum absolute atomic E-state index is 12.5. The molecule has 2 aliphatic carbocycles. The van der Waals surface area contributed by atoms with E-state index in [1.807, 2.05) is 89.3 Å². The van der Waals surface area contributed by atoms with Gasteiger partial charge < -0.3 is 19.7 Å². The summed E-state index contributed by atoms with van der Waals surface area (Å²) in [4.78, 5) is 23.2. The molecule has 0 bridgehead atoms. The van der Waals surface area contributed by atoms with Gasteiger partial charge in [-0.1, -0.05) is 64.2 Å². The number of aliphatic hydroxyl groups is 2. The van der Waals surface area contributed by atoms with Gasteiger partial charge in [0.1, 0.15) is 17.0 Å². The lowest BCUT2D eigenvalue weighted by Crippen LogP contribution is -2.46. The summed E-state index contributed by atoms with van der Waals surface area (Å²) >= 11 is 0. The molecular formula is C39H52O7. The van der Waals surface area contributed by atoms with Crippen molar-refractivity contribution in [3.8, 4) is 0 Å². The zero-order valence-electron chi connectivity index (χ0n) is 29.0. The van der Waals surface area contributed by atoms with Crippen molar-refractivity contribution in [2.45, 2.75) is 117 Å². The molecule has 250 valence electrons.